The van der Waals surface area contributed by atoms with Crippen molar-refractivity contribution in [3.8, 4) is 0 Å². The van der Waals surface area contributed by atoms with Crippen LogP contribution in [-0.4, -0.2) is 37.6 Å². The standard InChI is InChI=1S/C22H29N3O4S/c1-15-11-16(2)20(17(3)12-15)30(28,29)24-18-13-19(22(26)27)21(23-14-18)25-9-7-5-4-6-8-10-25/h11-14,24H,4-10H2,1-3H3,(H,26,27). The molecule has 8 heteroatoms. The number of benzene rings is 1. The Morgan fingerprint density at radius 2 is 1.57 bits per heavy atom. The molecular formula is C22H29N3O4S. The molecule has 0 atom stereocenters. The van der Waals surface area contributed by atoms with Crippen molar-refractivity contribution in [1.29, 1.82) is 0 Å². The molecule has 1 aliphatic rings. The van der Waals surface area contributed by atoms with Gasteiger partial charge in [0, 0.05) is 13.1 Å². The number of rotatable bonds is 5. The minimum absolute atomic E-state index is 0.00752. The van der Waals surface area contributed by atoms with Crippen LogP contribution in [0.5, 0.6) is 0 Å². The molecule has 0 aliphatic carbocycles. The molecule has 1 saturated heterocycles. The molecule has 0 amide bonds. The van der Waals surface area contributed by atoms with E-state index >= 15 is 0 Å². The molecule has 2 N–H and O–H groups in total. The predicted octanol–water partition coefficient (Wildman–Crippen LogP) is 4.28. The van der Waals surface area contributed by atoms with Gasteiger partial charge in [0.25, 0.3) is 10.0 Å². The SMILES string of the molecule is Cc1cc(C)c(S(=O)(=O)Nc2cnc(N3CCCCCCC3)c(C(=O)O)c2)c(C)c1. The fourth-order valence-electron chi connectivity index (χ4n) is 4.18. The van der Waals surface area contributed by atoms with E-state index in [1.165, 1.54) is 18.7 Å². The molecule has 0 unspecified atom stereocenters. The molecule has 7 nitrogen and oxygen atoms in total. The summed E-state index contributed by atoms with van der Waals surface area (Å²) in [5, 5.41) is 9.74. The lowest BCUT2D eigenvalue weighted by Crippen LogP contribution is -2.29. The maximum absolute atomic E-state index is 13.0. The number of nitrogens with zero attached hydrogens (tertiary/aromatic N) is 2. The van der Waals surface area contributed by atoms with Crippen LogP contribution in [-0.2, 0) is 10.0 Å². The van der Waals surface area contributed by atoms with Crippen LogP contribution in [0.2, 0.25) is 0 Å². The number of nitrogens with one attached hydrogen (secondary N) is 1. The van der Waals surface area contributed by atoms with E-state index in [4.69, 9.17) is 0 Å². The molecule has 2 aromatic rings. The van der Waals surface area contributed by atoms with Gasteiger partial charge in [0.05, 0.1) is 16.8 Å². The monoisotopic (exact) mass is 431 g/mol. The number of pyridine rings is 1. The Balaban J connectivity index is 1.94. The van der Waals surface area contributed by atoms with Gasteiger partial charge < -0.3 is 10.0 Å². The number of carbonyl (C=O) groups is 1. The molecule has 1 fully saturated rings. The maximum atomic E-state index is 13.0. The van der Waals surface area contributed by atoms with Crippen molar-refractivity contribution in [2.75, 3.05) is 22.7 Å². The van der Waals surface area contributed by atoms with Gasteiger partial charge in [0.1, 0.15) is 11.4 Å². The minimum Gasteiger partial charge on any atom is -0.478 e. The average molecular weight is 432 g/mol. The van der Waals surface area contributed by atoms with Crippen molar-refractivity contribution >= 4 is 27.5 Å². The zero-order valence-electron chi connectivity index (χ0n) is 17.7. The first-order chi connectivity index (χ1) is 14.2. The van der Waals surface area contributed by atoms with Gasteiger partial charge in [-0.1, -0.05) is 37.0 Å². The number of aryl methyl sites for hydroxylation is 3. The van der Waals surface area contributed by atoms with E-state index < -0.39 is 16.0 Å². The van der Waals surface area contributed by atoms with Crippen molar-refractivity contribution in [3.63, 3.8) is 0 Å². The lowest BCUT2D eigenvalue weighted by Gasteiger charge is -2.27. The van der Waals surface area contributed by atoms with Gasteiger partial charge in [-0.2, -0.15) is 0 Å². The first-order valence-corrected chi connectivity index (χ1v) is 11.8. The van der Waals surface area contributed by atoms with Gasteiger partial charge in [-0.3, -0.25) is 4.72 Å². The molecule has 1 aromatic heterocycles. The number of carboxylic acid groups (broad SMARTS) is 1. The molecular weight excluding hydrogens is 402 g/mol. The zero-order valence-corrected chi connectivity index (χ0v) is 18.6. The second-order valence-electron chi connectivity index (χ2n) is 7.99. The van der Waals surface area contributed by atoms with Crippen LogP contribution < -0.4 is 9.62 Å². The fourth-order valence-corrected chi connectivity index (χ4v) is 5.67. The molecule has 0 saturated carbocycles. The molecule has 162 valence electrons. The summed E-state index contributed by atoms with van der Waals surface area (Å²) in [5.41, 5.74) is 2.42. The van der Waals surface area contributed by atoms with E-state index in [-0.39, 0.29) is 16.1 Å². The highest BCUT2D eigenvalue weighted by molar-refractivity contribution is 7.92. The highest BCUT2D eigenvalue weighted by Crippen LogP contribution is 2.27. The summed E-state index contributed by atoms with van der Waals surface area (Å²) in [6.07, 6.45) is 6.81. The molecule has 1 aromatic carbocycles. The third-order valence-corrected chi connectivity index (χ3v) is 7.06. The summed E-state index contributed by atoms with van der Waals surface area (Å²) in [7, 11) is -3.88. The number of aromatic carboxylic acids is 1. The summed E-state index contributed by atoms with van der Waals surface area (Å²) in [6.45, 7) is 6.91. The number of hydrogen-bond donors (Lipinski definition) is 2. The van der Waals surface area contributed by atoms with Crippen molar-refractivity contribution < 1.29 is 18.3 Å². The van der Waals surface area contributed by atoms with Crippen LogP contribution in [0.15, 0.2) is 29.3 Å². The van der Waals surface area contributed by atoms with E-state index in [0.29, 0.717) is 16.9 Å². The summed E-state index contributed by atoms with van der Waals surface area (Å²) in [4.78, 5) is 18.5. The Hall–Kier alpha value is -2.61. The minimum atomic E-state index is -3.88. The number of hydrogen-bond acceptors (Lipinski definition) is 5. The van der Waals surface area contributed by atoms with Crippen LogP contribution in [0.3, 0.4) is 0 Å². The summed E-state index contributed by atoms with van der Waals surface area (Å²) >= 11 is 0. The Morgan fingerprint density at radius 1 is 1.00 bits per heavy atom. The largest absolute Gasteiger partial charge is 0.478 e. The first kappa shape index (κ1) is 22.1. The second kappa shape index (κ2) is 9.04. The van der Waals surface area contributed by atoms with Gasteiger partial charge >= 0.3 is 5.97 Å². The number of sulfonamides is 1. The normalized spacial score (nSPS) is 15.4. The Bertz CT molecular complexity index is 1020. The predicted molar refractivity (Wildman–Crippen MR) is 118 cm³/mol. The molecule has 30 heavy (non-hydrogen) atoms. The summed E-state index contributed by atoms with van der Waals surface area (Å²) in [6, 6.07) is 4.99. The first-order valence-electron chi connectivity index (χ1n) is 10.3. The molecule has 0 spiro atoms. The third kappa shape index (κ3) is 4.92. The maximum Gasteiger partial charge on any atom is 0.339 e. The van der Waals surface area contributed by atoms with E-state index in [0.717, 1.165) is 44.3 Å². The highest BCUT2D eigenvalue weighted by atomic mass is 32.2. The summed E-state index contributed by atoms with van der Waals surface area (Å²) < 4.78 is 28.5. The number of carboxylic acids is 1. The van der Waals surface area contributed by atoms with Crippen LogP contribution in [0.1, 0.15) is 59.2 Å². The smallest absolute Gasteiger partial charge is 0.339 e. The van der Waals surface area contributed by atoms with Crippen molar-refractivity contribution in [2.45, 2.75) is 57.8 Å². The Morgan fingerprint density at radius 3 is 2.13 bits per heavy atom. The molecule has 1 aliphatic heterocycles. The van der Waals surface area contributed by atoms with E-state index in [1.54, 1.807) is 13.8 Å². The number of aromatic nitrogens is 1. The van der Waals surface area contributed by atoms with Crippen LogP contribution in [0.25, 0.3) is 0 Å². The summed E-state index contributed by atoms with van der Waals surface area (Å²) in [5.74, 6) is -0.724. The van der Waals surface area contributed by atoms with Crippen LogP contribution in [0, 0.1) is 20.8 Å². The quantitative estimate of drug-likeness (QED) is 0.733. The highest BCUT2D eigenvalue weighted by Gasteiger charge is 2.23. The molecule has 2 heterocycles. The van der Waals surface area contributed by atoms with Crippen molar-refractivity contribution in [2.24, 2.45) is 0 Å². The fraction of sp³-hybridized carbons (Fsp3) is 0.455. The van der Waals surface area contributed by atoms with Gasteiger partial charge in [-0.05, 0) is 50.8 Å². The van der Waals surface area contributed by atoms with Crippen LogP contribution >= 0.6 is 0 Å². The van der Waals surface area contributed by atoms with E-state index in [9.17, 15) is 18.3 Å². The molecule has 0 bridgehead atoms. The number of anilines is 2. The van der Waals surface area contributed by atoms with Crippen LogP contribution in [0.4, 0.5) is 11.5 Å². The Kier molecular flexibility index (Phi) is 6.65. The zero-order chi connectivity index (χ0) is 21.9. The topological polar surface area (TPSA) is 99.6 Å². The van der Waals surface area contributed by atoms with Crippen molar-refractivity contribution in [1.82, 2.24) is 4.98 Å². The van der Waals surface area contributed by atoms with Crippen molar-refractivity contribution in [3.05, 3.63) is 46.6 Å². The van der Waals surface area contributed by atoms with E-state index in [2.05, 4.69) is 9.71 Å². The van der Waals surface area contributed by atoms with E-state index in [1.807, 2.05) is 24.0 Å². The molecule has 0 radical (unpaired) electrons. The molecule has 3 rings (SSSR count). The lowest BCUT2D eigenvalue weighted by molar-refractivity contribution is 0.0697. The lowest BCUT2D eigenvalue weighted by atomic mass is 10.1. The second-order valence-corrected chi connectivity index (χ2v) is 9.61. The average Bonchev–Trinajstić information content (AvgIpc) is 2.60. The third-order valence-electron chi connectivity index (χ3n) is 5.38. The van der Waals surface area contributed by atoms with Gasteiger partial charge in [-0.15, -0.1) is 0 Å². The van der Waals surface area contributed by atoms with Gasteiger partial charge in [0.15, 0.2) is 0 Å². The Labute approximate surface area is 178 Å². The van der Waals surface area contributed by atoms with Gasteiger partial charge in [0.2, 0.25) is 0 Å². The van der Waals surface area contributed by atoms with Gasteiger partial charge in [-0.25, -0.2) is 18.2 Å².